The Morgan fingerprint density at radius 3 is 2.30 bits per heavy atom. The zero-order chi connectivity index (χ0) is 14.5. The first-order valence-electron chi connectivity index (χ1n) is 6.53. The highest BCUT2D eigenvalue weighted by atomic mass is 79.9. The van der Waals surface area contributed by atoms with E-state index in [0.29, 0.717) is 0 Å². The van der Waals surface area contributed by atoms with Crippen molar-refractivity contribution in [3.63, 3.8) is 0 Å². The quantitative estimate of drug-likeness (QED) is 0.714. The summed E-state index contributed by atoms with van der Waals surface area (Å²) in [5, 5.41) is 5.02. The Labute approximate surface area is 138 Å². The third-order valence-electron chi connectivity index (χ3n) is 3.14. The van der Waals surface area contributed by atoms with Crippen molar-refractivity contribution in [3.8, 4) is 0 Å². The van der Waals surface area contributed by atoms with Crippen molar-refractivity contribution in [2.75, 3.05) is 6.54 Å². The van der Waals surface area contributed by atoms with Crippen molar-refractivity contribution < 1.29 is 0 Å². The average Bonchev–Trinajstić information content (AvgIpc) is 2.41. The molecule has 0 heterocycles. The molecule has 0 amide bonds. The lowest BCUT2D eigenvalue weighted by Crippen LogP contribution is -2.23. The highest BCUT2D eigenvalue weighted by Crippen LogP contribution is 2.29. The number of benzene rings is 2. The second kappa shape index (κ2) is 7.46. The van der Waals surface area contributed by atoms with Gasteiger partial charge in [0.2, 0.25) is 0 Å². The van der Waals surface area contributed by atoms with Crippen LogP contribution in [0.15, 0.2) is 46.9 Å². The van der Waals surface area contributed by atoms with Crippen LogP contribution in [-0.2, 0) is 6.42 Å². The van der Waals surface area contributed by atoms with Crippen LogP contribution in [0, 0.1) is 0 Å². The molecule has 4 heteroatoms. The topological polar surface area (TPSA) is 12.0 Å². The Hall–Kier alpha value is -0.540. The molecular formula is C16H16BrCl2N. The van der Waals surface area contributed by atoms with Crippen LogP contribution in [0.3, 0.4) is 0 Å². The van der Waals surface area contributed by atoms with E-state index in [0.717, 1.165) is 27.5 Å². The highest BCUT2D eigenvalue weighted by Gasteiger charge is 2.14. The summed E-state index contributed by atoms with van der Waals surface area (Å²) in [5.74, 6) is 0. The standard InChI is InChI=1S/C16H16BrCl2N/c1-2-20-16(9-11-3-5-12(18)6-4-11)14-8-7-13(19)10-15(14)17/h3-8,10,16,20H,2,9H2,1H3. The Kier molecular flexibility index (Phi) is 5.91. The minimum absolute atomic E-state index is 0.243. The molecule has 0 bridgehead atoms. The SMILES string of the molecule is CCNC(Cc1ccc(Cl)cc1)c1ccc(Cl)cc1Br. The molecule has 20 heavy (non-hydrogen) atoms. The number of rotatable bonds is 5. The molecule has 0 saturated heterocycles. The van der Waals surface area contributed by atoms with E-state index in [4.69, 9.17) is 23.2 Å². The van der Waals surface area contributed by atoms with E-state index < -0.39 is 0 Å². The predicted octanol–water partition coefficient (Wildman–Crippen LogP) is 5.65. The second-order valence-corrected chi connectivity index (χ2v) is 6.33. The Balaban J connectivity index is 2.24. The van der Waals surface area contributed by atoms with Crippen molar-refractivity contribution in [2.45, 2.75) is 19.4 Å². The molecule has 1 unspecified atom stereocenters. The van der Waals surface area contributed by atoms with Crippen molar-refractivity contribution in [3.05, 3.63) is 68.1 Å². The second-order valence-electron chi connectivity index (χ2n) is 4.61. The summed E-state index contributed by atoms with van der Waals surface area (Å²) < 4.78 is 1.03. The van der Waals surface area contributed by atoms with Crippen molar-refractivity contribution in [1.29, 1.82) is 0 Å². The van der Waals surface area contributed by atoms with Gasteiger partial charge in [0.25, 0.3) is 0 Å². The molecule has 0 aliphatic heterocycles. The van der Waals surface area contributed by atoms with Crippen LogP contribution in [0.4, 0.5) is 0 Å². The van der Waals surface area contributed by atoms with Gasteiger partial charge in [-0.25, -0.2) is 0 Å². The number of hydrogen-bond donors (Lipinski definition) is 1. The van der Waals surface area contributed by atoms with E-state index in [1.54, 1.807) is 0 Å². The van der Waals surface area contributed by atoms with Gasteiger partial charge in [-0.3, -0.25) is 0 Å². The molecule has 0 spiro atoms. The monoisotopic (exact) mass is 371 g/mol. The predicted molar refractivity (Wildman–Crippen MR) is 90.7 cm³/mol. The van der Waals surface area contributed by atoms with Gasteiger partial charge >= 0.3 is 0 Å². The first kappa shape index (κ1) is 15.8. The van der Waals surface area contributed by atoms with Gasteiger partial charge in [0.05, 0.1) is 0 Å². The largest absolute Gasteiger partial charge is 0.310 e. The fourth-order valence-corrected chi connectivity index (χ4v) is 3.26. The zero-order valence-corrected chi connectivity index (χ0v) is 14.3. The molecule has 0 aromatic heterocycles. The lowest BCUT2D eigenvalue weighted by molar-refractivity contribution is 0.548. The highest BCUT2D eigenvalue weighted by molar-refractivity contribution is 9.10. The molecule has 0 aliphatic rings. The summed E-state index contributed by atoms with van der Waals surface area (Å²) >= 11 is 15.5. The van der Waals surface area contributed by atoms with Gasteiger partial charge < -0.3 is 5.32 Å². The van der Waals surface area contributed by atoms with E-state index in [-0.39, 0.29) is 6.04 Å². The molecule has 0 radical (unpaired) electrons. The maximum absolute atomic E-state index is 6.01. The van der Waals surface area contributed by atoms with Gasteiger partial charge in [0.1, 0.15) is 0 Å². The fraction of sp³-hybridized carbons (Fsp3) is 0.250. The van der Waals surface area contributed by atoms with Gasteiger partial charge in [0, 0.05) is 20.6 Å². The molecule has 1 nitrogen and oxygen atoms in total. The molecule has 2 aromatic carbocycles. The van der Waals surface area contributed by atoms with E-state index in [9.17, 15) is 0 Å². The van der Waals surface area contributed by atoms with Crippen LogP contribution in [0.25, 0.3) is 0 Å². The van der Waals surface area contributed by atoms with Gasteiger partial charge in [-0.1, -0.05) is 64.3 Å². The molecular weight excluding hydrogens is 357 g/mol. The first-order chi connectivity index (χ1) is 9.60. The lowest BCUT2D eigenvalue weighted by Gasteiger charge is -2.20. The van der Waals surface area contributed by atoms with Crippen LogP contribution >= 0.6 is 39.1 Å². The summed E-state index contributed by atoms with van der Waals surface area (Å²) in [6.45, 7) is 3.02. The first-order valence-corrected chi connectivity index (χ1v) is 8.08. The van der Waals surface area contributed by atoms with E-state index in [2.05, 4.69) is 46.4 Å². The van der Waals surface area contributed by atoms with Gasteiger partial charge in [-0.2, -0.15) is 0 Å². The minimum atomic E-state index is 0.243. The van der Waals surface area contributed by atoms with Gasteiger partial charge in [-0.15, -0.1) is 0 Å². The molecule has 2 rings (SSSR count). The molecule has 2 aromatic rings. The summed E-state index contributed by atoms with van der Waals surface area (Å²) in [7, 11) is 0. The minimum Gasteiger partial charge on any atom is -0.310 e. The number of hydrogen-bond acceptors (Lipinski definition) is 1. The lowest BCUT2D eigenvalue weighted by atomic mass is 9.99. The van der Waals surface area contributed by atoms with Crippen LogP contribution < -0.4 is 5.32 Å². The fourth-order valence-electron chi connectivity index (χ4n) is 2.18. The Morgan fingerprint density at radius 2 is 1.70 bits per heavy atom. The molecule has 0 aliphatic carbocycles. The van der Waals surface area contributed by atoms with E-state index in [1.807, 2.05) is 24.3 Å². The van der Waals surface area contributed by atoms with Gasteiger partial charge in [0.15, 0.2) is 0 Å². The van der Waals surface area contributed by atoms with Crippen molar-refractivity contribution >= 4 is 39.1 Å². The molecule has 1 N–H and O–H groups in total. The number of likely N-dealkylation sites (N-methyl/N-ethyl adjacent to an activating group) is 1. The van der Waals surface area contributed by atoms with Crippen molar-refractivity contribution in [2.24, 2.45) is 0 Å². The summed E-state index contributed by atoms with van der Waals surface area (Å²) in [5.41, 5.74) is 2.47. The zero-order valence-electron chi connectivity index (χ0n) is 11.2. The normalized spacial score (nSPS) is 12.4. The molecule has 0 saturated carbocycles. The summed E-state index contributed by atoms with van der Waals surface area (Å²) in [6.07, 6.45) is 0.908. The molecule has 106 valence electrons. The number of nitrogens with one attached hydrogen (secondary N) is 1. The molecule has 0 fully saturated rings. The van der Waals surface area contributed by atoms with E-state index in [1.165, 1.54) is 11.1 Å². The van der Waals surface area contributed by atoms with Crippen LogP contribution in [0.2, 0.25) is 10.0 Å². The van der Waals surface area contributed by atoms with Crippen LogP contribution in [0.1, 0.15) is 24.1 Å². The average molecular weight is 373 g/mol. The van der Waals surface area contributed by atoms with Crippen molar-refractivity contribution in [1.82, 2.24) is 5.32 Å². The number of halogens is 3. The third kappa shape index (κ3) is 4.23. The summed E-state index contributed by atoms with van der Waals surface area (Å²) in [4.78, 5) is 0. The van der Waals surface area contributed by atoms with Crippen LogP contribution in [0.5, 0.6) is 0 Å². The Morgan fingerprint density at radius 1 is 1.05 bits per heavy atom. The van der Waals surface area contributed by atoms with Gasteiger partial charge in [-0.05, 0) is 48.4 Å². The Bertz CT molecular complexity index is 569. The maximum atomic E-state index is 6.01. The van der Waals surface area contributed by atoms with Crippen LogP contribution in [-0.4, -0.2) is 6.54 Å². The molecule has 1 atom stereocenters. The summed E-state index contributed by atoms with van der Waals surface area (Å²) in [6, 6.07) is 14.2. The maximum Gasteiger partial charge on any atom is 0.0417 e. The third-order valence-corrected chi connectivity index (χ3v) is 4.32. The smallest absolute Gasteiger partial charge is 0.0417 e. The van der Waals surface area contributed by atoms with E-state index >= 15 is 0 Å².